The Balaban J connectivity index is 2.33. The van der Waals surface area contributed by atoms with Gasteiger partial charge in [-0.05, 0) is 38.6 Å². The highest BCUT2D eigenvalue weighted by Crippen LogP contribution is 2.25. The molecule has 0 aliphatic heterocycles. The molecule has 102 valence electrons. The van der Waals surface area contributed by atoms with Crippen molar-refractivity contribution in [2.24, 2.45) is 0 Å². The molecule has 0 atom stereocenters. The molecule has 0 bridgehead atoms. The Morgan fingerprint density at radius 2 is 2.16 bits per heavy atom. The van der Waals surface area contributed by atoms with Crippen molar-refractivity contribution in [3.63, 3.8) is 0 Å². The van der Waals surface area contributed by atoms with Crippen LogP contribution in [-0.4, -0.2) is 16.7 Å². The third kappa shape index (κ3) is 2.93. The van der Waals surface area contributed by atoms with Gasteiger partial charge in [0.15, 0.2) is 0 Å². The number of halogens is 2. The summed E-state index contributed by atoms with van der Waals surface area (Å²) in [7, 11) is 0. The van der Waals surface area contributed by atoms with Gasteiger partial charge in [0.2, 0.25) is 11.7 Å². The molecule has 1 N–H and O–H groups in total. The maximum absolute atomic E-state index is 13.1. The van der Waals surface area contributed by atoms with E-state index in [9.17, 15) is 4.39 Å². The summed E-state index contributed by atoms with van der Waals surface area (Å²) >= 11 is 5.74. The second-order valence-corrected chi connectivity index (χ2v) is 5.11. The van der Waals surface area contributed by atoms with E-state index >= 15 is 0 Å². The Labute approximate surface area is 116 Å². The topological polar surface area (TPSA) is 51.0 Å². The number of hydrogen-bond acceptors (Lipinski definition) is 4. The van der Waals surface area contributed by atoms with Crippen LogP contribution in [0.25, 0.3) is 11.4 Å². The SMILES string of the molecule is CCNC(C)(C)c1nc(-c2ccc(F)c(Cl)c2)no1. The quantitative estimate of drug-likeness (QED) is 0.935. The molecule has 4 nitrogen and oxygen atoms in total. The van der Waals surface area contributed by atoms with Gasteiger partial charge in [-0.2, -0.15) is 4.98 Å². The van der Waals surface area contributed by atoms with E-state index in [1.165, 1.54) is 12.1 Å². The van der Waals surface area contributed by atoms with Crippen molar-refractivity contribution < 1.29 is 8.91 Å². The van der Waals surface area contributed by atoms with Gasteiger partial charge < -0.3 is 9.84 Å². The molecule has 1 heterocycles. The Morgan fingerprint density at radius 3 is 2.79 bits per heavy atom. The molecule has 1 aromatic heterocycles. The van der Waals surface area contributed by atoms with Crippen molar-refractivity contribution in [2.45, 2.75) is 26.3 Å². The molecule has 0 radical (unpaired) electrons. The molecule has 0 spiro atoms. The minimum absolute atomic E-state index is 0.0368. The zero-order chi connectivity index (χ0) is 14.0. The molecule has 0 unspecified atom stereocenters. The normalized spacial score (nSPS) is 11.8. The first-order valence-electron chi connectivity index (χ1n) is 5.98. The smallest absolute Gasteiger partial charge is 0.246 e. The first-order valence-corrected chi connectivity index (χ1v) is 6.36. The van der Waals surface area contributed by atoms with Crippen molar-refractivity contribution in [1.29, 1.82) is 0 Å². The fraction of sp³-hybridized carbons (Fsp3) is 0.385. The van der Waals surface area contributed by atoms with E-state index in [-0.39, 0.29) is 5.02 Å². The fourth-order valence-electron chi connectivity index (χ4n) is 1.75. The van der Waals surface area contributed by atoms with Gasteiger partial charge in [0, 0.05) is 5.56 Å². The standard InChI is InChI=1S/C13H15ClFN3O/c1-4-16-13(2,3)12-17-11(18-19-12)8-5-6-10(15)9(14)7-8/h5-7,16H,4H2,1-3H3. The number of aromatic nitrogens is 2. The Bertz CT molecular complexity index is 583. The minimum Gasteiger partial charge on any atom is -0.337 e. The summed E-state index contributed by atoms with van der Waals surface area (Å²) in [5.41, 5.74) is 0.206. The Morgan fingerprint density at radius 1 is 1.42 bits per heavy atom. The van der Waals surface area contributed by atoms with Crippen molar-refractivity contribution in [3.8, 4) is 11.4 Å². The second-order valence-electron chi connectivity index (χ2n) is 4.71. The van der Waals surface area contributed by atoms with Gasteiger partial charge in [-0.25, -0.2) is 4.39 Å². The van der Waals surface area contributed by atoms with E-state index in [1.54, 1.807) is 6.07 Å². The second kappa shape index (κ2) is 5.27. The zero-order valence-electron chi connectivity index (χ0n) is 11.0. The van der Waals surface area contributed by atoms with Gasteiger partial charge in [-0.15, -0.1) is 0 Å². The van der Waals surface area contributed by atoms with Gasteiger partial charge in [0.05, 0.1) is 10.6 Å². The van der Waals surface area contributed by atoms with Crippen molar-refractivity contribution in [2.75, 3.05) is 6.54 Å². The summed E-state index contributed by atoms with van der Waals surface area (Å²) in [6.07, 6.45) is 0. The van der Waals surface area contributed by atoms with Crippen molar-refractivity contribution >= 4 is 11.6 Å². The van der Waals surface area contributed by atoms with Gasteiger partial charge in [-0.3, -0.25) is 0 Å². The molecule has 0 saturated heterocycles. The van der Waals surface area contributed by atoms with Crippen LogP contribution < -0.4 is 5.32 Å². The summed E-state index contributed by atoms with van der Waals surface area (Å²) in [5, 5.41) is 7.18. The molecule has 6 heteroatoms. The van der Waals surface area contributed by atoms with Crippen LogP contribution in [0.5, 0.6) is 0 Å². The summed E-state index contributed by atoms with van der Waals surface area (Å²) in [4.78, 5) is 4.32. The number of rotatable bonds is 4. The first-order chi connectivity index (χ1) is 8.94. The maximum atomic E-state index is 13.1. The summed E-state index contributed by atoms with van der Waals surface area (Å²) in [6.45, 7) is 6.68. The highest BCUT2D eigenvalue weighted by molar-refractivity contribution is 6.31. The Kier molecular flexibility index (Phi) is 3.87. The van der Waals surface area contributed by atoms with E-state index in [1.807, 2.05) is 20.8 Å². The van der Waals surface area contributed by atoms with Gasteiger partial charge in [0.25, 0.3) is 0 Å². The van der Waals surface area contributed by atoms with E-state index in [2.05, 4.69) is 15.5 Å². The molecule has 19 heavy (non-hydrogen) atoms. The highest BCUT2D eigenvalue weighted by Gasteiger charge is 2.26. The van der Waals surface area contributed by atoms with Crippen LogP contribution >= 0.6 is 11.6 Å². The molecular formula is C13H15ClFN3O. The fourth-order valence-corrected chi connectivity index (χ4v) is 1.93. The number of hydrogen-bond donors (Lipinski definition) is 1. The van der Waals surface area contributed by atoms with E-state index < -0.39 is 11.4 Å². The van der Waals surface area contributed by atoms with E-state index in [0.717, 1.165) is 6.54 Å². The average molecular weight is 284 g/mol. The zero-order valence-corrected chi connectivity index (χ0v) is 11.8. The third-order valence-corrected chi connectivity index (χ3v) is 3.05. The van der Waals surface area contributed by atoms with Gasteiger partial charge >= 0.3 is 0 Å². The van der Waals surface area contributed by atoms with Gasteiger partial charge in [0.1, 0.15) is 5.82 Å². The average Bonchev–Trinajstić information content (AvgIpc) is 2.83. The lowest BCUT2D eigenvalue weighted by atomic mass is 10.1. The van der Waals surface area contributed by atoms with Crippen LogP contribution in [0.3, 0.4) is 0 Å². The van der Waals surface area contributed by atoms with Crippen molar-refractivity contribution in [3.05, 3.63) is 34.9 Å². The lowest BCUT2D eigenvalue weighted by molar-refractivity contribution is 0.272. The maximum Gasteiger partial charge on any atom is 0.246 e. The van der Waals surface area contributed by atoms with Crippen molar-refractivity contribution in [1.82, 2.24) is 15.5 Å². The Hall–Kier alpha value is -1.46. The molecular weight excluding hydrogens is 269 g/mol. The summed E-state index contributed by atoms with van der Waals surface area (Å²) in [6, 6.07) is 4.32. The lowest BCUT2D eigenvalue weighted by Gasteiger charge is -2.20. The molecule has 1 aromatic carbocycles. The predicted molar refractivity (Wildman–Crippen MR) is 71.4 cm³/mol. The van der Waals surface area contributed by atoms with E-state index in [4.69, 9.17) is 16.1 Å². The lowest BCUT2D eigenvalue weighted by Crippen LogP contribution is -2.36. The minimum atomic E-state index is -0.470. The molecule has 0 aliphatic carbocycles. The molecule has 0 fully saturated rings. The highest BCUT2D eigenvalue weighted by atomic mass is 35.5. The van der Waals surface area contributed by atoms with Crippen LogP contribution in [0.4, 0.5) is 4.39 Å². The van der Waals surface area contributed by atoms with Crippen LogP contribution in [0, 0.1) is 5.82 Å². The van der Waals surface area contributed by atoms with Crippen LogP contribution in [0.1, 0.15) is 26.7 Å². The molecule has 2 rings (SSSR count). The molecule has 0 amide bonds. The molecule has 0 saturated carbocycles. The first kappa shape index (κ1) is 14.0. The summed E-state index contributed by atoms with van der Waals surface area (Å²) < 4.78 is 18.3. The number of benzene rings is 1. The monoisotopic (exact) mass is 283 g/mol. The largest absolute Gasteiger partial charge is 0.337 e. The number of nitrogens with zero attached hydrogens (tertiary/aromatic N) is 2. The van der Waals surface area contributed by atoms with Crippen LogP contribution in [0.15, 0.2) is 22.7 Å². The third-order valence-electron chi connectivity index (χ3n) is 2.76. The molecule has 2 aromatic rings. The van der Waals surface area contributed by atoms with Gasteiger partial charge in [-0.1, -0.05) is 23.7 Å². The number of nitrogens with one attached hydrogen (secondary N) is 1. The van der Waals surface area contributed by atoms with Crippen LogP contribution in [-0.2, 0) is 5.54 Å². The summed E-state index contributed by atoms with van der Waals surface area (Å²) in [5.74, 6) is 0.398. The van der Waals surface area contributed by atoms with Crippen LogP contribution in [0.2, 0.25) is 5.02 Å². The van der Waals surface area contributed by atoms with E-state index in [0.29, 0.717) is 17.3 Å². The predicted octanol–water partition coefficient (Wildman–Crippen LogP) is 3.37. The molecule has 0 aliphatic rings.